The van der Waals surface area contributed by atoms with Gasteiger partial charge in [0.1, 0.15) is 6.10 Å². The lowest BCUT2D eigenvalue weighted by atomic mass is 9.90. The van der Waals surface area contributed by atoms with E-state index in [0.717, 1.165) is 0 Å². The molecule has 1 N–H and O–H groups in total. The monoisotopic (exact) mass is 130 g/mol. The molecule has 1 rings (SSSR count). The van der Waals surface area contributed by atoms with Gasteiger partial charge in [0.15, 0.2) is 0 Å². The molecule has 1 aliphatic heterocycles. The van der Waals surface area contributed by atoms with Crippen molar-refractivity contribution in [3.8, 4) is 0 Å². The third-order valence-electron chi connectivity index (χ3n) is 1.62. The van der Waals surface area contributed by atoms with E-state index < -0.39 is 0 Å². The van der Waals surface area contributed by atoms with E-state index in [1.165, 1.54) is 0 Å². The molecule has 1 saturated heterocycles. The second-order valence-electron chi connectivity index (χ2n) is 3.64. The molecule has 0 aromatic heterocycles. The molecular weight excluding hydrogens is 116 g/mol. The van der Waals surface area contributed by atoms with Gasteiger partial charge in [0.25, 0.3) is 0 Å². The van der Waals surface area contributed by atoms with Crippen LogP contribution in [0.15, 0.2) is 0 Å². The highest BCUT2D eigenvalue weighted by atomic mass is 16.6. The molecule has 0 saturated carbocycles. The van der Waals surface area contributed by atoms with Crippen LogP contribution in [0.3, 0.4) is 0 Å². The van der Waals surface area contributed by atoms with Crippen LogP contribution in [0.4, 0.5) is 0 Å². The van der Waals surface area contributed by atoms with Gasteiger partial charge in [-0.3, -0.25) is 0 Å². The maximum absolute atomic E-state index is 8.61. The summed E-state index contributed by atoms with van der Waals surface area (Å²) in [5.74, 6) is 0. The zero-order chi connectivity index (χ0) is 7.07. The number of ether oxygens (including phenoxy) is 1. The quantitative estimate of drug-likeness (QED) is 0.532. The van der Waals surface area contributed by atoms with E-state index in [2.05, 4.69) is 20.8 Å². The van der Waals surface area contributed by atoms with Crippen LogP contribution in [0.25, 0.3) is 0 Å². The van der Waals surface area contributed by atoms with Crippen molar-refractivity contribution in [2.45, 2.75) is 33.0 Å². The van der Waals surface area contributed by atoms with Gasteiger partial charge in [-0.25, -0.2) is 0 Å². The minimum Gasteiger partial charge on any atom is -0.394 e. The lowest BCUT2D eigenvalue weighted by Gasteiger charge is -2.13. The highest BCUT2D eigenvalue weighted by molar-refractivity contribution is 4.92. The van der Waals surface area contributed by atoms with Crippen molar-refractivity contribution < 1.29 is 9.84 Å². The number of hydrogen-bond acceptors (Lipinski definition) is 2. The van der Waals surface area contributed by atoms with E-state index in [4.69, 9.17) is 9.84 Å². The minimum absolute atomic E-state index is 0.116. The largest absolute Gasteiger partial charge is 0.394 e. The van der Waals surface area contributed by atoms with Gasteiger partial charge < -0.3 is 9.84 Å². The second-order valence-corrected chi connectivity index (χ2v) is 3.64. The van der Waals surface area contributed by atoms with Gasteiger partial charge in [-0.15, -0.1) is 0 Å². The molecule has 2 unspecified atom stereocenters. The van der Waals surface area contributed by atoms with Crippen molar-refractivity contribution in [3.05, 3.63) is 0 Å². The van der Waals surface area contributed by atoms with Crippen LogP contribution in [0.5, 0.6) is 0 Å². The highest BCUT2D eigenvalue weighted by Crippen LogP contribution is 2.37. The van der Waals surface area contributed by atoms with E-state index >= 15 is 0 Å². The van der Waals surface area contributed by atoms with Crippen molar-refractivity contribution in [2.24, 2.45) is 5.41 Å². The fourth-order valence-corrected chi connectivity index (χ4v) is 1.04. The maximum Gasteiger partial charge on any atom is 0.108 e. The summed E-state index contributed by atoms with van der Waals surface area (Å²) in [6.45, 7) is 6.52. The predicted octanol–water partition coefficient (Wildman–Crippen LogP) is 0.792. The van der Waals surface area contributed by atoms with Crippen molar-refractivity contribution in [2.75, 3.05) is 6.61 Å². The normalized spacial score (nSPS) is 34.7. The molecule has 54 valence electrons. The Labute approximate surface area is 55.8 Å². The van der Waals surface area contributed by atoms with Gasteiger partial charge in [0.2, 0.25) is 0 Å². The fourth-order valence-electron chi connectivity index (χ4n) is 1.04. The zero-order valence-corrected chi connectivity index (χ0v) is 6.22. The molecule has 2 nitrogen and oxygen atoms in total. The maximum atomic E-state index is 8.61. The molecule has 0 bridgehead atoms. The molecule has 0 aromatic rings. The first-order valence-corrected chi connectivity index (χ1v) is 3.32. The van der Waals surface area contributed by atoms with E-state index in [1.54, 1.807) is 0 Å². The van der Waals surface area contributed by atoms with Crippen LogP contribution in [-0.4, -0.2) is 23.9 Å². The minimum atomic E-state index is 0.116. The number of hydrogen-bond donors (Lipinski definition) is 1. The summed E-state index contributed by atoms with van der Waals surface area (Å²) in [5, 5.41) is 8.61. The predicted molar refractivity (Wildman–Crippen MR) is 35.2 cm³/mol. The Bertz CT molecular complexity index is 104. The highest BCUT2D eigenvalue weighted by Gasteiger charge is 2.46. The molecule has 0 spiro atoms. The molecule has 0 aromatic carbocycles. The van der Waals surface area contributed by atoms with Crippen LogP contribution >= 0.6 is 0 Å². The molecule has 0 amide bonds. The molecule has 1 heterocycles. The zero-order valence-electron chi connectivity index (χ0n) is 6.22. The van der Waals surface area contributed by atoms with Crippen LogP contribution in [0.1, 0.15) is 20.8 Å². The lowest BCUT2D eigenvalue weighted by Crippen LogP contribution is -2.17. The molecule has 0 radical (unpaired) electrons. The third kappa shape index (κ3) is 1.43. The number of aliphatic hydroxyl groups is 1. The SMILES string of the molecule is CC(C)(C)C1OC1CO. The topological polar surface area (TPSA) is 32.8 Å². The molecule has 2 atom stereocenters. The summed E-state index contributed by atoms with van der Waals surface area (Å²) < 4.78 is 5.18. The van der Waals surface area contributed by atoms with Gasteiger partial charge in [-0.2, -0.15) is 0 Å². The summed E-state index contributed by atoms with van der Waals surface area (Å²) >= 11 is 0. The Morgan fingerprint density at radius 1 is 1.44 bits per heavy atom. The summed E-state index contributed by atoms with van der Waals surface area (Å²) in [7, 11) is 0. The molecule has 9 heavy (non-hydrogen) atoms. The average molecular weight is 130 g/mol. The van der Waals surface area contributed by atoms with Crippen LogP contribution in [0, 0.1) is 5.41 Å². The van der Waals surface area contributed by atoms with Crippen molar-refractivity contribution >= 4 is 0 Å². The first-order chi connectivity index (χ1) is 4.05. The molecule has 1 aliphatic rings. The van der Waals surface area contributed by atoms with Gasteiger partial charge in [0.05, 0.1) is 12.7 Å². The number of aliphatic hydroxyl groups excluding tert-OH is 1. The van der Waals surface area contributed by atoms with Gasteiger partial charge in [0, 0.05) is 0 Å². The van der Waals surface area contributed by atoms with Crippen molar-refractivity contribution in [3.63, 3.8) is 0 Å². The van der Waals surface area contributed by atoms with Gasteiger partial charge in [-0.05, 0) is 5.41 Å². The number of epoxide rings is 1. The van der Waals surface area contributed by atoms with Crippen LogP contribution < -0.4 is 0 Å². The van der Waals surface area contributed by atoms with E-state index in [-0.39, 0.29) is 24.2 Å². The average Bonchev–Trinajstić information content (AvgIpc) is 2.39. The summed E-state index contributed by atoms with van der Waals surface area (Å²) in [5.41, 5.74) is 0.202. The molecule has 2 heteroatoms. The Morgan fingerprint density at radius 2 is 2.00 bits per heavy atom. The Morgan fingerprint density at radius 3 is 2.11 bits per heavy atom. The van der Waals surface area contributed by atoms with E-state index in [0.29, 0.717) is 0 Å². The number of rotatable bonds is 1. The van der Waals surface area contributed by atoms with E-state index in [1.807, 2.05) is 0 Å². The molecular formula is C7H14O2. The van der Waals surface area contributed by atoms with Crippen molar-refractivity contribution in [1.82, 2.24) is 0 Å². The third-order valence-corrected chi connectivity index (χ3v) is 1.62. The van der Waals surface area contributed by atoms with Gasteiger partial charge in [-0.1, -0.05) is 20.8 Å². The Kier molecular flexibility index (Phi) is 1.53. The first-order valence-electron chi connectivity index (χ1n) is 3.32. The Hall–Kier alpha value is -0.0800. The van der Waals surface area contributed by atoms with Crippen molar-refractivity contribution in [1.29, 1.82) is 0 Å². The first kappa shape index (κ1) is 7.03. The Balaban J connectivity index is 2.33. The summed E-state index contributed by atoms with van der Waals surface area (Å²) in [6.07, 6.45) is 0.396. The lowest BCUT2D eigenvalue weighted by molar-refractivity contribution is 0.230. The standard InChI is InChI=1S/C7H14O2/c1-7(2,3)6-5(4-8)9-6/h5-6,8H,4H2,1-3H3. The van der Waals surface area contributed by atoms with Crippen LogP contribution in [0.2, 0.25) is 0 Å². The summed E-state index contributed by atoms with van der Waals surface area (Å²) in [6, 6.07) is 0. The van der Waals surface area contributed by atoms with Crippen LogP contribution in [-0.2, 0) is 4.74 Å². The van der Waals surface area contributed by atoms with Gasteiger partial charge >= 0.3 is 0 Å². The molecule has 1 fully saturated rings. The second kappa shape index (κ2) is 1.96. The van der Waals surface area contributed by atoms with E-state index in [9.17, 15) is 0 Å². The summed E-state index contributed by atoms with van der Waals surface area (Å²) in [4.78, 5) is 0. The smallest absolute Gasteiger partial charge is 0.108 e. The fraction of sp³-hybridized carbons (Fsp3) is 1.00. The molecule has 0 aliphatic carbocycles.